The van der Waals surface area contributed by atoms with Crippen LogP contribution in [0.1, 0.15) is 29.6 Å². The Morgan fingerprint density at radius 1 is 1.04 bits per heavy atom. The number of carbonyl (C=O) groups excluding carboxylic acids is 2. The molecule has 1 heterocycles. The molecule has 130 valence electrons. The molecule has 0 saturated heterocycles. The van der Waals surface area contributed by atoms with Gasteiger partial charge in [-0.2, -0.15) is 5.10 Å². The summed E-state index contributed by atoms with van der Waals surface area (Å²) in [6.45, 7) is 0. The molecule has 4 rings (SSSR count). The molecule has 0 amide bonds. The van der Waals surface area contributed by atoms with Gasteiger partial charge in [-0.1, -0.05) is 48.5 Å². The summed E-state index contributed by atoms with van der Waals surface area (Å²) in [6, 6.07) is 19.1. The second kappa shape index (κ2) is 6.96. The van der Waals surface area contributed by atoms with Crippen LogP contribution < -0.4 is 0 Å². The molecule has 0 aliphatic heterocycles. The van der Waals surface area contributed by atoms with Crippen LogP contribution in [0.2, 0.25) is 0 Å². The molecule has 0 N–H and O–H groups in total. The van der Waals surface area contributed by atoms with Crippen molar-refractivity contribution in [3.05, 3.63) is 72.4 Å². The quantitative estimate of drug-likeness (QED) is 0.674. The third-order valence-electron chi connectivity index (χ3n) is 4.50. The van der Waals surface area contributed by atoms with Gasteiger partial charge < -0.3 is 4.74 Å². The molecule has 0 unspecified atom stereocenters. The fraction of sp³-hybridized carbons (Fsp3) is 0.190. The number of carbonyl (C=O) groups is 2. The number of Topliss-reactive ketones (excluding diaryl/α,β-unsaturated/α-hetero) is 1. The van der Waals surface area contributed by atoms with Crippen molar-refractivity contribution in [1.29, 1.82) is 0 Å². The molecule has 1 aliphatic carbocycles. The topological polar surface area (TPSA) is 61.2 Å². The lowest BCUT2D eigenvalue weighted by molar-refractivity contribution is -0.124. The summed E-state index contributed by atoms with van der Waals surface area (Å²) in [5.41, 5.74) is 2.58. The largest absolute Gasteiger partial charge is 0.451 e. The van der Waals surface area contributed by atoms with Gasteiger partial charge >= 0.3 is 5.97 Å². The maximum atomic E-state index is 12.8. The van der Waals surface area contributed by atoms with Gasteiger partial charge in [0.15, 0.2) is 11.9 Å². The van der Waals surface area contributed by atoms with Crippen LogP contribution in [0.25, 0.3) is 16.9 Å². The lowest BCUT2D eigenvalue weighted by Crippen LogP contribution is -2.22. The van der Waals surface area contributed by atoms with E-state index in [1.807, 2.05) is 60.7 Å². The normalized spacial score (nSPS) is 16.6. The van der Waals surface area contributed by atoms with E-state index in [4.69, 9.17) is 4.74 Å². The standard InChI is InChI=1S/C21H18N2O3/c24-18-12-7-13-19(18)26-21(25)17-14-23(16-10-5-2-6-11-16)22-20(17)15-8-3-1-4-9-15/h1-6,8-11,14,19H,7,12-13H2/t19-/m0/s1. The minimum absolute atomic E-state index is 0.00457. The summed E-state index contributed by atoms with van der Waals surface area (Å²) in [4.78, 5) is 24.6. The van der Waals surface area contributed by atoms with Crippen molar-refractivity contribution >= 4 is 11.8 Å². The molecule has 2 aromatic carbocycles. The number of ether oxygens (including phenoxy) is 1. The first-order valence-corrected chi connectivity index (χ1v) is 8.66. The summed E-state index contributed by atoms with van der Waals surface area (Å²) >= 11 is 0. The number of nitrogens with zero attached hydrogens (tertiary/aromatic N) is 2. The fourth-order valence-corrected chi connectivity index (χ4v) is 3.15. The van der Waals surface area contributed by atoms with Crippen LogP contribution in [0.3, 0.4) is 0 Å². The number of rotatable bonds is 4. The predicted molar refractivity (Wildman–Crippen MR) is 97.1 cm³/mol. The van der Waals surface area contributed by atoms with E-state index in [2.05, 4.69) is 5.10 Å². The van der Waals surface area contributed by atoms with Crippen LogP contribution >= 0.6 is 0 Å². The van der Waals surface area contributed by atoms with E-state index in [1.54, 1.807) is 10.9 Å². The predicted octanol–water partition coefficient (Wildman–Crippen LogP) is 3.82. The van der Waals surface area contributed by atoms with E-state index < -0.39 is 12.1 Å². The summed E-state index contributed by atoms with van der Waals surface area (Å²) in [6.07, 6.45) is 2.88. The molecule has 0 bridgehead atoms. The lowest BCUT2D eigenvalue weighted by atomic mass is 10.1. The zero-order chi connectivity index (χ0) is 17.9. The zero-order valence-corrected chi connectivity index (χ0v) is 14.2. The molecule has 26 heavy (non-hydrogen) atoms. The van der Waals surface area contributed by atoms with Crippen LogP contribution in [-0.2, 0) is 9.53 Å². The highest BCUT2D eigenvalue weighted by Gasteiger charge is 2.30. The zero-order valence-electron chi connectivity index (χ0n) is 14.2. The molecule has 1 aromatic heterocycles. The first-order chi connectivity index (χ1) is 12.7. The Morgan fingerprint density at radius 2 is 1.73 bits per heavy atom. The van der Waals surface area contributed by atoms with E-state index in [-0.39, 0.29) is 5.78 Å². The molecule has 3 aromatic rings. The van der Waals surface area contributed by atoms with Crippen LogP contribution in [0.5, 0.6) is 0 Å². The maximum absolute atomic E-state index is 12.8. The molecule has 0 radical (unpaired) electrons. The van der Waals surface area contributed by atoms with Gasteiger partial charge in [0.25, 0.3) is 0 Å². The van der Waals surface area contributed by atoms with E-state index in [1.165, 1.54) is 0 Å². The van der Waals surface area contributed by atoms with Crippen LogP contribution in [0.4, 0.5) is 0 Å². The first-order valence-electron chi connectivity index (χ1n) is 8.66. The van der Waals surface area contributed by atoms with Gasteiger partial charge in [0.2, 0.25) is 0 Å². The van der Waals surface area contributed by atoms with Gasteiger partial charge in [-0.3, -0.25) is 4.79 Å². The first kappa shape index (κ1) is 16.3. The van der Waals surface area contributed by atoms with Crippen LogP contribution in [-0.4, -0.2) is 27.6 Å². The number of hydrogen-bond acceptors (Lipinski definition) is 4. The van der Waals surface area contributed by atoms with Gasteiger partial charge in [0, 0.05) is 18.2 Å². The van der Waals surface area contributed by atoms with Crippen molar-refractivity contribution in [2.24, 2.45) is 0 Å². The van der Waals surface area contributed by atoms with Crippen molar-refractivity contribution in [3.8, 4) is 16.9 Å². The number of hydrogen-bond donors (Lipinski definition) is 0. The van der Waals surface area contributed by atoms with Crippen molar-refractivity contribution < 1.29 is 14.3 Å². The third-order valence-corrected chi connectivity index (χ3v) is 4.50. The SMILES string of the molecule is O=C(O[C@H]1CCCC1=O)c1cn(-c2ccccc2)nc1-c1ccccc1. The molecule has 5 heteroatoms. The highest BCUT2D eigenvalue weighted by atomic mass is 16.5. The Balaban J connectivity index is 1.73. The minimum Gasteiger partial charge on any atom is -0.451 e. The van der Waals surface area contributed by atoms with Crippen molar-refractivity contribution in [1.82, 2.24) is 9.78 Å². The van der Waals surface area contributed by atoms with Gasteiger partial charge in [-0.15, -0.1) is 0 Å². The molecule has 1 aliphatic rings. The number of ketones is 1. The molecule has 5 nitrogen and oxygen atoms in total. The second-order valence-electron chi connectivity index (χ2n) is 6.29. The Morgan fingerprint density at radius 3 is 2.38 bits per heavy atom. The van der Waals surface area contributed by atoms with Gasteiger partial charge in [0.05, 0.1) is 5.69 Å². The third kappa shape index (κ3) is 3.16. The number of esters is 1. The summed E-state index contributed by atoms with van der Waals surface area (Å²) in [7, 11) is 0. The Labute approximate surface area is 151 Å². The average molecular weight is 346 g/mol. The molecule has 1 atom stereocenters. The minimum atomic E-state index is -0.633. The second-order valence-corrected chi connectivity index (χ2v) is 6.29. The van der Waals surface area contributed by atoms with Gasteiger partial charge in [-0.25, -0.2) is 9.48 Å². The fourth-order valence-electron chi connectivity index (χ4n) is 3.15. The average Bonchev–Trinajstić information content (AvgIpc) is 3.30. The van der Waals surface area contributed by atoms with Crippen LogP contribution in [0.15, 0.2) is 66.9 Å². The smallest absolute Gasteiger partial charge is 0.342 e. The molecule has 1 fully saturated rings. The summed E-state index contributed by atoms with van der Waals surface area (Å²) in [5.74, 6) is -0.513. The van der Waals surface area contributed by atoms with Gasteiger partial charge in [0.1, 0.15) is 11.3 Å². The number of aromatic nitrogens is 2. The molecular weight excluding hydrogens is 328 g/mol. The van der Waals surface area contributed by atoms with Crippen molar-refractivity contribution in [2.75, 3.05) is 0 Å². The summed E-state index contributed by atoms with van der Waals surface area (Å²) in [5, 5.41) is 4.60. The van der Waals surface area contributed by atoms with Crippen molar-refractivity contribution in [2.45, 2.75) is 25.4 Å². The van der Waals surface area contributed by atoms with E-state index in [0.717, 1.165) is 17.7 Å². The van der Waals surface area contributed by atoms with Gasteiger partial charge in [-0.05, 0) is 25.0 Å². The monoisotopic (exact) mass is 346 g/mol. The van der Waals surface area contributed by atoms with Crippen molar-refractivity contribution in [3.63, 3.8) is 0 Å². The lowest BCUT2D eigenvalue weighted by Gasteiger charge is -2.10. The highest BCUT2D eigenvalue weighted by molar-refractivity contribution is 5.98. The highest BCUT2D eigenvalue weighted by Crippen LogP contribution is 2.26. The van der Waals surface area contributed by atoms with E-state index in [9.17, 15) is 9.59 Å². The van der Waals surface area contributed by atoms with E-state index in [0.29, 0.717) is 24.1 Å². The Hall–Kier alpha value is -3.21. The Kier molecular flexibility index (Phi) is 4.35. The number of benzene rings is 2. The molecular formula is C21H18N2O3. The summed E-state index contributed by atoms with van der Waals surface area (Å²) < 4.78 is 7.14. The maximum Gasteiger partial charge on any atom is 0.342 e. The molecule has 1 saturated carbocycles. The molecule has 0 spiro atoms. The van der Waals surface area contributed by atoms with E-state index >= 15 is 0 Å². The number of para-hydroxylation sites is 1. The Bertz CT molecular complexity index is 932. The van der Waals surface area contributed by atoms with Crippen LogP contribution in [0, 0.1) is 0 Å².